The van der Waals surface area contributed by atoms with Crippen molar-refractivity contribution in [3.05, 3.63) is 65.5 Å². The maximum atomic E-state index is 13.0. The zero-order valence-corrected chi connectivity index (χ0v) is 17.7. The first-order valence-electron chi connectivity index (χ1n) is 9.97. The summed E-state index contributed by atoms with van der Waals surface area (Å²) in [7, 11) is 4.01. The van der Waals surface area contributed by atoms with E-state index in [0.717, 1.165) is 17.9 Å². The van der Waals surface area contributed by atoms with E-state index in [2.05, 4.69) is 20.4 Å². The summed E-state index contributed by atoms with van der Waals surface area (Å²) in [4.78, 5) is 19.5. The number of aryl methyl sites for hydroxylation is 1. The largest absolute Gasteiger partial charge is 0.492 e. The second kappa shape index (κ2) is 9.01. The predicted molar refractivity (Wildman–Crippen MR) is 116 cm³/mol. The van der Waals surface area contributed by atoms with Crippen LogP contribution in [-0.2, 0) is 6.54 Å². The molecule has 0 aliphatic carbocycles. The second-order valence-electron chi connectivity index (χ2n) is 7.46. The molecule has 0 aliphatic rings. The number of benzene rings is 1. The van der Waals surface area contributed by atoms with Gasteiger partial charge in [0, 0.05) is 13.1 Å². The average molecular weight is 420 g/mol. The summed E-state index contributed by atoms with van der Waals surface area (Å²) in [5.74, 6) is 1.11. The van der Waals surface area contributed by atoms with Crippen LogP contribution in [0.25, 0.3) is 22.6 Å². The number of amides is 1. The standard InChI is InChI=1S/C23H24N4O4/c1-15-21-18(13-19(20-5-4-11-30-20)25-23(21)31-26-15)22(28)24-14-16-6-8-17(9-7-16)29-12-10-27(2)3/h4-9,11,13H,10,12,14H2,1-3H3,(H,24,28). The van der Waals surface area contributed by atoms with E-state index in [-0.39, 0.29) is 5.91 Å². The smallest absolute Gasteiger partial charge is 0.259 e. The fourth-order valence-electron chi connectivity index (χ4n) is 3.15. The number of fused-ring (bicyclic) bond motifs is 1. The minimum atomic E-state index is -0.238. The van der Waals surface area contributed by atoms with Gasteiger partial charge < -0.3 is 23.9 Å². The highest BCUT2D eigenvalue weighted by Crippen LogP contribution is 2.27. The number of nitrogens with zero attached hydrogens (tertiary/aromatic N) is 3. The molecule has 0 fully saturated rings. The van der Waals surface area contributed by atoms with Crippen LogP contribution in [0.2, 0.25) is 0 Å². The van der Waals surface area contributed by atoms with Crippen LogP contribution in [0.3, 0.4) is 0 Å². The van der Waals surface area contributed by atoms with E-state index in [4.69, 9.17) is 13.7 Å². The van der Waals surface area contributed by atoms with Crippen LogP contribution in [0.5, 0.6) is 5.75 Å². The van der Waals surface area contributed by atoms with Gasteiger partial charge in [-0.3, -0.25) is 4.79 Å². The molecule has 0 saturated carbocycles. The van der Waals surface area contributed by atoms with Crippen LogP contribution >= 0.6 is 0 Å². The lowest BCUT2D eigenvalue weighted by Gasteiger charge is -2.11. The Morgan fingerprint density at radius 2 is 2.00 bits per heavy atom. The lowest BCUT2D eigenvalue weighted by molar-refractivity contribution is 0.0952. The number of aromatic nitrogens is 2. The lowest BCUT2D eigenvalue weighted by Crippen LogP contribution is -2.23. The Balaban J connectivity index is 1.48. The van der Waals surface area contributed by atoms with Crippen LogP contribution in [0, 0.1) is 6.92 Å². The average Bonchev–Trinajstić information content (AvgIpc) is 3.42. The molecule has 8 nitrogen and oxygen atoms in total. The molecule has 0 aliphatic heterocycles. The molecule has 0 saturated heterocycles. The van der Waals surface area contributed by atoms with Crippen LogP contribution in [0.15, 0.2) is 57.7 Å². The van der Waals surface area contributed by atoms with Gasteiger partial charge >= 0.3 is 0 Å². The highest BCUT2D eigenvalue weighted by atomic mass is 16.5. The van der Waals surface area contributed by atoms with Crippen molar-refractivity contribution in [2.45, 2.75) is 13.5 Å². The lowest BCUT2D eigenvalue weighted by atomic mass is 10.1. The minimum absolute atomic E-state index is 0.238. The molecule has 1 N–H and O–H groups in total. The maximum absolute atomic E-state index is 13.0. The van der Waals surface area contributed by atoms with E-state index in [1.807, 2.05) is 38.4 Å². The van der Waals surface area contributed by atoms with E-state index in [0.29, 0.717) is 47.0 Å². The van der Waals surface area contributed by atoms with E-state index in [1.54, 1.807) is 31.4 Å². The number of carbonyl (C=O) groups excluding carboxylic acids is 1. The number of ether oxygens (including phenoxy) is 1. The van der Waals surface area contributed by atoms with E-state index in [1.165, 1.54) is 0 Å². The Morgan fingerprint density at radius 1 is 1.19 bits per heavy atom. The van der Waals surface area contributed by atoms with Crippen molar-refractivity contribution in [3.63, 3.8) is 0 Å². The number of carbonyl (C=O) groups is 1. The third-order valence-corrected chi connectivity index (χ3v) is 4.82. The van der Waals surface area contributed by atoms with Gasteiger partial charge in [0.05, 0.1) is 22.9 Å². The van der Waals surface area contributed by atoms with Crippen LogP contribution in [-0.4, -0.2) is 48.2 Å². The quantitative estimate of drug-likeness (QED) is 0.465. The minimum Gasteiger partial charge on any atom is -0.492 e. The van der Waals surface area contributed by atoms with Gasteiger partial charge in [0.1, 0.15) is 18.1 Å². The topological polar surface area (TPSA) is 93.6 Å². The second-order valence-corrected chi connectivity index (χ2v) is 7.46. The third kappa shape index (κ3) is 4.75. The van der Waals surface area contributed by atoms with Crippen molar-refractivity contribution in [2.24, 2.45) is 0 Å². The summed E-state index contributed by atoms with van der Waals surface area (Å²) in [6.45, 7) is 3.63. The molecule has 1 aromatic carbocycles. The summed E-state index contributed by atoms with van der Waals surface area (Å²) in [6, 6.07) is 12.9. The van der Waals surface area contributed by atoms with Gasteiger partial charge in [-0.2, -0.15) is 0 Å². The van der Waals surface area contributed by atoms with Crippen LogP contribution in [0.1, 0.15) is 21.6 Å². The Kier molecular flexibility index (Phi) is 5.99. The molecule has 0 radical (unpaired) electrons. The molecule has 0 spiro atoms. The Bertz CT molecular complexity index is 1160. The first-order valence-corrected chi connectivity index (χ1v) is 9.97. The van der Waals surface area contributed by atoms with Crippen LogP contribution < -0.4 is 10.1 Å². The van der Waals surface area contributed by atoms with Gasteiger partial charge in [-0.1, -0.05) is 17.3 Å². The zero-order valence-electron chi connectivity index (χ0n) is 17.7. The number of hydrogen-bond donors (Lipinski definition) is 1. The SMILES string of the molecule is Cc1noc2nc(-c3ccco3)cc(C(=O)NCc3ccc(OCCN(C)C)cc3)c12. The number of rotatable bonds is 8. The van der Waals surface area contributed by atoms with Gasteiger partial charge in [-0.25, -0.2) is 4.98 Å². The fourth-order valence-corrected chi connectivity index (χ4v) is 3.15. The number of likely N-dealkylation sites (N-methyl/N-ethyl adjacent to an activating group) is 1. The molecule has 8 heteroatoms. The molecule has 0 unspecified atom stereocenters. The van der Waals surface area contributed by atoms with Gasteiger partial charge in [-0.15, -0.1) is 0 Å². The molecule has 31 heavy (non-hydrogen) atoms. The fraction of sp³-hybridized carbons (Fsp3) is 0.261. The molecular formula is C23H24N4O4. The van der Waals surface area contributed by atoms with Crippen molar-refractivity contribution in [1.82, 2.24) is 20.4 Å². The monoisotopic (exact) mass is 420 g/mol. The molecular weight excluding hydrogens is 396 g/mol. The third-order valence-electron chi connectivity index (χ3n) is 4.82. The van der Waals surface area contributed by atoms with Crippen molar-refractivity contribution in [1.29, 1.82) is 0 Å². The predicted octanol–water partition coefficient (Wildman–Crippen LogP) is 3.66. The molecule has 160 valence electrons. The first-order chi connectivity index (χ1) is 15.0. The van der Waals surface area contributed by atoms with E-state index < -0.39 is 0 Å². The number of pyridine rings is 1. The van der Waals surface area contributed by atoms with E-state index in [9.17, 15) is 4.79 Å². The first kappa shape index (κ1) is 20.6. The van der Waals surface area contributed by atoms with Gasteiger partial charge in [-0.05, 0) is 56.9 Å². The molecule has 4 aromatic rings. The van der Waals surface area contributed by atoms with Crippen molar-refractivity contribution >= 4 is 17.0 Å². The van der Waals surface area contributed by atoms with Gasteiger partial charge in [0.2, 0.25) is 0 Å². The number of hydrogen-bond acceptors (Lipinski definition) is 7. The molecule has 3 heterocycles. The van der Waals surface area contributed by atoms with Crippen LogP contribution in [0.4, 0.5) is 0 Å². The normalized spacial score (nSPS) is 11.2. The summed E-state index contributed by atoms with van der Waals surface area (Å²) in [5.41, 5.74) is 2.83. The highest BCUT2D eigenvalue weighted by molar-refractivity contribution is 6.06. The summed E-state index contributed by atoms with van der Waals surface area (Å²) in [6.07, 6.45) is 1.56. The Morgan fingerprint density at radius 3 is 2.71 bits per heavy atom. The van der Waals surface area contributed by atoms with Crippen molar-refractivity contribution in [2.75, 3.05) is 27.2 Å². The zero-order chi connectivity index (χ0) is 21.8. The molecule has 3 aromatic heterocycles. The molecule has 4 rings (SSSR count). The van der Waals surface area contributed by atoms with Crippen molar-refractivity contribution in [3.8, 4) is 17.2 Å². The molecule has 0 atom stereocenters. The highest BCUT2D eigenvalue weighted by Gasteiger charge is 2.20. The molecule has 0 bridgehead atoms. The number of furan rings is 1. The van der Waals surface area contributed by atoms with E-state index >= 15 is 0 Å². The summed E-state index contributed by atoms with van der Waals surface area (Å²) in [5, 5.41) is 7.51. The Labute approximate surface area is 179 Å². The number of nitrogens with one attached hydrogen (secondary N) is 1. The van der Waals surface area contributed by atoms with Crippen molar-refractivity contribution < 1.29 is 18.5 Å². The summed E-state index contributed by atoms with van der Waals surface area (Å²) >= 11 is 0. The maximum Gasteiger partial charge on any atom is 0.259 e. The van der Waals surface area contributed by atoms with Gasteiger partial charge in [0.15, 0.2) is 5.76 Å². The summed E-state index contributed by atoms with van der Waals surface area (Å²) < 4.78 is 16.4. The molecule has 1 amide bonds. The van der Waals surface area contributed by atoms with Gasteiger partial charge in [0.25, 0.3) is 11.6 Å². The Hall–Kier alpha value is -3.65.